The fraction of sp³-hybridized carbons (Fsp3) is 0.667. The van der Waals surface area contributed by atoms with Crippen molar-refractivity contribution in [1.29, 1.82) is 0 Å². The molecule has 0 amide bonds. The molecule has 1 saturated heterocycles. The number of allylic oxidation sites excluding steroid dienone is 1. The van der Waals surface area contributed by atoms with E-state index in [1.54, 1.807) is 0 Å². The van der Waals surface area contributed by atoms with E-state index in [-0.39, 0.29) is 0 Å². The minimum Gasteiger partial charge on any atom is -0.376 e. The SMILES string of the molecule is CCC1=C2COCC2CC1=O. The van der Waals surface area contributed by atoms with Crippen molar-refractivity contribution in [3.05, 3.63) is 11.1 Å². The maximum Gasteiger partial charge on any atom is 0.159 e. The van der Waals surface area contributed by atoms with Crippen LogP contribution in [0.2, 0.25) is 0 Å². The summed E-state index contributed by atoms with van der Waals surface area (Å²) < 4.78 is 5.28. The summed E-state index contributed by atoms with van der Waals surface area (Å²) in [6, 6.07) is 0. The van der Waals surface area contributed by atoms with Crippen LogP contribution in [0.1, 0.15) is 19.8 Å². The normalized spacial score (nSPS) is 29.9. The van der Waals surface area contributed by atoms with Crippen molar-refractivity contribution in [1.82, 2.24) is 0 Å². The van der Waals surface area contributed by atoms with Crippen molar-refractivity contribution in [2.75, 3.05) is 13.2 Å². The van der Waals surface area contributed by atoms with Gasteiger partial charge in [0.1, 0.15) is 0 Å². The second kappa shape index (κ2) is 2.45. The molecule has 1 heterocycles. The summed E-state index contributed by atoms with van der Waals surface area (Å²) in [7, 11) is 0. The number of carbonyl (C=O) groups excluding carboxylic acids is 1. The fourth-order valence-electron chi connectivity index (χ4n) is 2.00. The molecule has 0 spiro atoms. The molecule has 1 fully saturated rings. The van der Waals surface area contributed by atoms with Crippen LogP contribution in [0.3, 0.4) is 0 Å². The Morgan fingerprint density at radius 3 is 3.18 bits per heavy atom. The highest BCUT2D eigenvalue weighted by Crippen LogP contribution is 2.35. The van der Waals surface area contributed by atoms with Gasteiger partial charge in [-0.25, -0.2) is 0 Å². The number of ketones is 1. The zero-order chi connectivity index (χ0) is 7.84. The molecule has 60 valence electrons. The van der Waals surface area contributed by atoms with Crippen molar-refractivity contribution in [3.63, 3.8) is 0 Å². The Bertz CT molecular complexity index is 228. The van der Waals surface area contributed by atoms with E-state index in [0.29, 0.717) is 24.7 Å². The van der Waals surface area contributed by atoms with Gasteiger partial charge in [-0.3, -0.25) is 4.79 Å². The molecule has 0 radical (unpaired) electrons. The molecule has 0 saturated carbocycles. The van der Waals surface area contributed by atoms with E-state index in [0.717, 1.165) is 18.6 Å². The minimum atomic E-state index is 0.357. The molecule has 0 aromatic carbocycles. The first-order valence-electron chi connectivity index (χ1n) is 4.15. The average molecular weight is 152 g/mol. The quantitative estimate of drug-likeness (QED) is 0.566. The Hall–Kier alpha value is -0.630. The van der Waals surface area contributed by atoms with Crippen LogP contribution in [0.5, 0.6) is 0 Å². The molecule has 0 aromatic rings. The second-order valence-electron chi connectivity index (χ2n) is 3.20. The molecule has 1 atom stereocenters. The van der Waals surface area contributed by atoms with Crippen LogP contribution in [0.4, 0.5) is 0 Å². The van der Waals surface area contributed by atoms with Gasteiger partial charge in [0.2, 0.25) is 0 Å². The average Bonchev–Trinajstić information content (AvgIpc) is 2.46. The first-order valence-corrected chi connectivity index (χ1v) is 4.15. The molecule has 2 rings (SSSR count). The third-order valence-corrected chi connectivity index (χ3v) is 2.58. The van der Waals surface area contributed by atoms with Crippen molar-refractivity contribution < 1.29 is 9.53 Å². The van der Waals surface area contributed by atoms with E-state index in [1.165, 1.54) is 5.57 Å². The van der Waals surface area contributed by atoms with E-state index in [9.17, 15) is 4.79 Å². The lowest BCUT2D eigenvalue weighted by molar-refractivity contribution is -0.115. The smallest absolute Gasteiger partial charge is 0.159 e. The topological polar surface area (TPSA) is 26.3 Å². The van der Waals surface area contributed by atoms with Crippen molar-refractivity contribution in [2.45, 2.75) is 19.8 Å². The van der Waals surface area contributed by atoms with Gasteiger partial charge in [0.25, 0.3) is 0 Å². The van der Waals surface area contributed by atoms with E-state index in [2.05, 4.69) is 0 Å². The third-order valence-electron chi connectivity index (χ3n) is 2.58. The van der Waals surface area contributed by atoms with Crippen LogP contribution < -0.4 is 0 Å². The highest BCUT2D eigenvalue weighted by atomic mass is 16.5. The molecular weight excluding hydrogens is 140 g/mol. The van der Waals surface area contributed by atoms with Crippen LogP contribution in [0, 0.1) is 5.92 Å². The number of rotatable bonds is 1. The highest BCUT2D eigenvalue weighted by molar-refractivity contribution is 5.99. The van der Waals surface area contributed by atoms with E-state index < -0.39 is 0 Å². The van der Waals surface area contributed by atoms with Gasteiger partial charge < -0.3 is 4.74 Å². The Kier molecular flexibility index (Phi) is 1.57. The molecule has 0 N–H and O–H groups in total. The van der Waals surface area contributed by atoms with Crippen LogP contribution >= 0.6 is 0 Å². The molecule has 1 aliphatic heterocycles. The molecule has 2 aliphatic rings. The summed E-state index contributed by atoms with van der Waals surface area (Å²) in [4.78, 5) is 11.3. The number of hydrogen-bond acceptors (Lipinski definition) is 2. The van der Waals surface area contributed by atoms with Gasteiger partial charge in [0.15, 0.2) is 5.78 Å². The predicted molar refractivity (Wildman–Crippen MR) is 41.3 cm³/mol. The first kappa shape index (κ1) is 7.04. The number of fused-ring (bicyclic) bond motifs is 1. The van der Waals surface area contributed by atoms with Gasteiger partial charge in [-0.15, -0.1) is 0 Å². The fourth-order valence-corrected chi connectivity index (χ4v) is 2.00. The summed E-state index contributed by atoms with van der Waals surface area (Å²) in [6.07, 6.45) is 1.59. The molecule has 0 aromatic heterocycles. The number of hydrogen-bond donors (Lipinski definition) is 0. The Morgan fingerprint density at radius 2 is 2.45 bits per heavy atom. The summed E-state index contributed by atoms with van der Waals surface area (Å²) >= 11 is 0. The Labute approximate surface area is 66.2 Å². The summed E-state index contributed by atoms with van der Waals surface area (Å²) in [6.45, 7) is 3.52. The number of carbonyl (C=O) groups is 1. The molecule has 2 nitrogen and oxygen atoms in total. The largest absolute Gasteiger partial charge is 0.376 e. The maximum absolute atomic E-state index is 11.3. The number of Topliss-reactive ketones (excluding diaryl/α,β-unsaturated/α-hetero) is 1. The van der Waals surface area contributed by atoms with Crippen LogP contribution in [0.15, 0.2) is 11.1 Å². The lowest BCUT2D eigenvalue weighted by atomic mass is 10.0. The van der Waals surface area contributed by atoms with Gasteiger partial charge in [-0.1, -0.05) is 6.92 Å². The lowest BCUT2D eigenvalue weighted by Gasteiger charge is -1.96. The highest BCUT2D eigenvalue weighted by Gasteiger charge is 2.34. The van der Waals surface area contributed by atoms with Crippen molar-refractivity contribution >= 4 is 5.78 Å². The Balaban J connectivity index is 2.34. The van der Waals surface area contributed by atoms with E-state index in [1.807, 2.05) is 6.92 Å². The third kappa shape index (κ3) is 0.932. The minimum absolute atomic E-state index is 0.357. The van der Waals surface area contributed by atoms with Crippen molar-refractivity contribution in [3.8, 4) is 0 Å². The summed E-state index contributed by atoms with van der Waals surface area (Å²) in [5.74, 6) is 0.799. The van der Waals surface area contributed by atoms with Crippen LogP contribution in [-0.2, 0) is 9.53 Å². The van der Waals surface area contributed by atoms with Gasteiger partial charge in [-0.2, -0.15) is 0 Å². The van der Waals surface area contributed by atoms with Gasteiger partial charge in [0.05, 0.1) is 13.2 Å². The molecular formula is C9H12O2. The molecule has 0 bridgehead atoms. The maximum atomic E-state index is 11.3. The monoisotopic (exact) mass is 152 g/mol. The Morgan fingerprint density at radius 1 is 1.64 bits per heavy atom. The first-order chi connectivity index (χ1) is 5.33. The molecule has 1 unspecified atom stereocenters. The lowest BCUT2D eigenvalue weighted by Crippen LogP contribution is -2.00. The van der Waals surface area contributed by atoms with Crippen molar-refractivity contribution in [2.24, 2.45) is 5.92 Å². The standard InChI is InChI=1S/C9H12O2/c1-2-7-8-5-11-4-6(8)3-9(7)10/h6H,2-5H2,1H3. The van der Waals surface area contributed by atoms with Crippen LogP contribution in [0.25, 0.3) is 0 Å². The van der Waals surface area contributed by atoms with Gasteiger partial charge >= 0.3 is 0 Å². The zero-order valence-electron chi connectivity index (χ0n) is 6.72. The molecule has 1 aliphatic carbocycles. The van der Waals surface area contributed by atoms with E-state index in [4.69, 9.17) is 4.74 Å². The van der Waals surface area contributed by atoms with Gasteiger partial charge in [-0.05, 0) is 17.6 Å². The van der Waals surface area contributed by atoms with E-state index >= 15 is 0 Å². The zero-order valence-corrected chi connectivity index (χ0v) is 6.72. The second-order valence-corrected chi connectivity index (χ2v) is 3.20. The molecule has 11 heavy (non-hydrogen) atoms. The van der Waals surface area contributed by atoms with Crippen LogP contribution in [-0.4, -0.2) is 19.0 Å². The number of ether oxygens (including phenoxy) is 1. The summed E-state index contributed by atoms with van der Waals surface area (Å²) in [5, 5.41) is 0. The predicted octanol–water partition coefficient (Wildman–Crippen LogP) is 1.31. The summed E-state index contributed by atoms with van der Waals surface area (Å²) in [5.41, 5.74) is 2.34. The molecule has 2 heteroatoms. The van der Waals surface area contributed by atoms with Gasteiger partial charge in [0, 0.05) is 12.3 Å².